The van der Waals surface area contributed by atoms with Crippen LogP contribution >= 0.6 is 0 Å². The molecule has 1 N–H and O–H groups in total. The lowest BCUT2D eigenvalue weighted by Gasteiger charge is -2.22. The summed E-state index contributed by atoms with van der Waals surface area (Å²) in [4.78, 5) is 10.9. The smallest absolute Gasteiger partial charge is 0.137 e. The molecule has 4 heteroatoms. The first kappa shape index (κ1) is 14.3. The number of benzene rings is 1. The van der Waals surface area contributed by atoms with E-state index in [4.69, 9.17) is 0 Å². The van der Waals surface area contributed by atoms with Crippen molar-refractivity contribution in [2.24, 2.45) is 0 Å². The molecule has 0 saturated heterocycles. The molecule has 0 aliphatic heterocycles. The third-order valence-electron chi connectivity index (χ3n) is 3.54. The van der Waals surface area contributed by atoms with E-state index in [1.165, 1.54) is 11.1 Å². The topological polar surface area (TPSA) is 41.1 Å². The molecule has 0 atom stereocenters. The third kappa shape index (κ3) is 2.90. The second-order valence-corrected chi connectivity index (χ2v) is 4.91. The van der Waals surface area contributed by atoms with Gasteiger partial charge < -0.3 is 10.2 Å². The Balaban J connectivity index is 2.30. The predicted molar refractivity (Wildman–Crippen MR) is 84.2 cm³/mol. The van der Waals surface area contributed by atoms with Gasteiger partial charge in [-0.1, -0.05) is 31.2 Å². The van der Waals surface area contributed by atoms with Crippen molar-refractivity contribution in [2.45, 2.75) is 26.8 Å². The van der Waals surface area contributed by atoms with Crippen LogP contribution in [0.15, 0.2) is 30.6 Å². The third-order valence-corrected chi connectivity index (χ3v) is 3.54. The molecule has 0 aliphatic rings. The zero-order chi connectivity index (χ0) is 14.5. The van der Waals surface area contributed by atoms with Gasteiger partial charge in [-0.2, -0.15) is 0 Å². The van der Waals surface area contributed by atoms with Gasteiger partial charge >= 0.3 is 0 Å². The zero-order valence-electron chi connectivity index (χ0n) is 12.6. The molecule has 0 spiro atoms. The van der Waals surface area contributed by atoms with Gasteiger partial charge in [0.1, 0.15) is 18.0 Å². The summed E-state index contributed by atoms with van der Waals surface area (Å²) in [6.07, 6.45) is 2.53. The van der Waals surface area contributed by atoms with Crippen LogP contribution in [0.2, 0.25) is 0 Å². The standard InChI is InChI=1S/C16H22N4/c1-5-14-15(17-3)18-11-19-16(14)20(4)10-13-9-7-6-8-12(13)2/h6-9,11H,5,10H2,1-4H3,(H,17,18,19). The fourth-order valence-electron chi connectivity index (χ4n) is 2.39. The molecule has 4 nitrogen and oxygen atoms in total. The Morgan fingerprint density at radius 3 is 2.60 bits per heavy atom. The molecule has 1 aromatic heterocycles. The molecule has 0 saturated carbocycles. The van der Waals surface area contributed by atoms with Gasteiger partial charge in [0.05, 0.1) is 0 Å². The number of rotatable bonds is 5. The second kappa shape index (κ2) is 6.37. The van der Waals surface area contributed by atoms with Crippen molar-refractivity contribution in [2.75, 3.05) is 24.3 Å². The minimum Gasteiger partial charge on any atom is -0.373 e. The number of nitrogens with one attached hydrogen (secondary N) is 1. The molecule has 1 aromatic carbocycles. The average Bonchev–Trinajstić information content (AvgIpc) is 2.48. The Bertz CT molecular complexity index is 580. The monoisotopic (exact) mass is 270 g/mol. The molecule has 20 heavy (non-hydrogen) atoms. The highest BCUT2D eigenvalue weighted by atomic mass is 15.2. The lowest BCUT2D eigenvalue weighted by molar-refractivity contribution is 0.866. The van der Waals surface area contributed by atoms with Crippen LogP contribution in [0.1, 0.15) is 23.6 Å². The number of hydrogen-bond donors (Lipinski definition) is 1. The van der Waals surface area contributed by atoms with Gasteiger partial charge in [0.15, 0.2) is 0 Å². The van der Waals surface area contributed by atoms with Crippen LogP contribution in [-0.2, 0) is 13.0 Å². The summed E-state index contributed by atoms with van der Waals surface area (Å²) in [6, 6.07) is 8.45. The van der Waals surface area contributed by atoms with E-state index in [2.05, 4.69) is 65.3 Å². The second-order valence-electron chi connectivity index (χ2n) is 4.91. The minimum absolute atomic E-state index is 0.847. The summed E-state index contributed by atoms with van der Waals surface area (Å²) in [5.74, 6) is 1.91. The normalized spacial score (nSPS) is 10.4. The molecular weight excluding hydrogens is 248 g/mol. The molecule has 0 amide bonds. The summed E-state index contributed by atoms with van der Waals surface area (Å²) in [6.45, 7) is 5.12. The zero-order valence-corrected chi connectivity index (χ0v) is 12.6. The van der Waals surface area contributed by atoms with Crippen molar-refractivity contribution < 1.29 is 0 Å². The Hall–Kier alpha value is -2.10. The van der Waals surface area contributed by atoms with Gasteiger partial charge in [0.25, 0.3) is 0 Å². The fourth-order valence-corrected chi connectivity index (χ4v) is 2.39. The van der Waals surface area contributed by atoms with Crippen molar-refractivity contribution in [1.29, 1.82) is 0 Å². The van der Waals surface area contributed by atoms with Crippen molar-refractivity contribution in [3.63, 3.8) is 0 Å². The number of aryl methyl sites for hydroxylation is 1. The molecule has 1 heterocycles. The Kier molecular flexibility index (Phi) is 4.56. The molecule has 106 valence electrons. The molecule has 0 unspecified atom stereocenters. The quantitative estimate of drug-likeness (QED) is 0.906. The maximum Gasteiger partial charge on any atom is 0.137 e. The Labute approximate surface area is 120 Å². The van der Waals surface area contributed by atoms with Crippen LogP contribution in [0.25, 0.3) is 0 Å². The van der Waals surface area contributed by atoms with Crippen LogP contribution in [0.5, 0.6) is 0 Å². The lowest BCUT2D eigenvalue weighted by atomic mass is 10.1. The SMILES string of the molecule is CCc1c(NC)ncnc1N(C)Cc1ccccc1C. The van der Waals surface area contributed by atoms with Gasteiger partial charge in [-0.25, -0.2) is 9.97 Å². The number of anilines is 2. The molecule has 0 radical (unpaired) electrons. The van der Waals surface area contributed by atoms with Crippen molar-refractivity contribution in [3.8, 4) is 0 Å². The summed E-state index contributed by atoms with van der Waals surface area (Å²) >= 11 is 0. The van der Waals surface area contributed by atoms with E-state index in [1.807, 2.05) is 7.05 Å². The Morgan fingerprint density at radius 2 is 1.95 bits per heavy atom. The van der Waals surface area contributed by atoms with E-state index in [0.717, 1.165) is 30.2 Å². The van der Waals surface area contributed by atoms with Gasteiger partial charge in [0.2, 0.25) is 0 Å². The number of nitrogens with zero attached hydrogens (tertiary/aromatic N) is 3. The molecule has 0 bridgehead atoms. The molecule has 2 aromatic rings. The van der Waals surface area contributed by atoms with Crippen LogP contribution < -0.4 is 10.2 Å². The largest absolute Gasteiger partial charge is 0.373 e. The maximum absolute atomic E-state index is 4.46. The van der Waals surface area contributed by atoms with Crippen molar-refractivity contribution in [1.82, 2.24) is 9.97 Å². The van der Waals surface area contributed by atoms with E-state index in [0.29, 0.717) is 0 Å². The van der Waals surface area contributed by atoms with E-state index in [9.17, 15) is 0 Å². The molecule has 0 fully saturated rings. The van der Waals surface area contributed by atoms with Crippen LogP contribution in [-0.4, -0.2) is 24.1 Å². The highest BCUT2D eigenvalue weighted by Crippen LogP contribution is 2.24. The summed E-state index contributed by atoms with van der Waals surface area (Å²) in [5.41, 5.74) is 3.79. The summed E-state index contributed by atoms with van der Waals surface area (Å²) in [5, 5.41) is 3.14. The first-order valence-electron chi connectivity index (χ1n) is 6.94. The summed E-state index contributed by atoms with van der Waals surface area (Å²) in [7, 11) is 3.97. The molecular formula is C16H22N4. The van der Waals surface area contributed by atoms with E-state index in [-0.39, 0.29) is 0 Å². The van der Waals surface area contributed by atoms with Gasteiger partial charge in [-0.05, 0) is 24.5 Å². The summed E-state index contributed by atoms with van der Waals surface area (Å²) < 4.78 is 0. The first-order valence-corrected chi connectivity index (χ1v) is 6.94. The number of hydrogen-bond acceptors (Lipinski definition) is 4. The highest BCUT2D eigenvalue weighted by Gasteiger charge is 2.13. The fraction of sp³-hybridized carbons (Fsp3) is 0.375. The van der Waals surface area contributed by atoms with Gasteiger partial charge in [-0.15, -0.1) is 0 Å². The van der Waals surface area contributed by atoms with Crippen LogP contribution in [0, 0.1) is 6.92 Å². The molecule has 2 rings (SSSR count). The minimum atomic E-state index is 0.847. The average molecular weight is 270 g/mol. The highest BCUT2D eigenvalue weighted by molar-refractivity contribution is 5.58. The van der Waals surface area contributed by atoms with Gasteiger partial charge in [0, 0.05) is 26.2 Å². The van der Waals surface area contributed by atoms with E-state index >= 15 is 0 Å². The van der Waals surface area contributed by atoms with Crippen LogP contribution in [0.3, 0.4) is 0 Å². The van der Waals surface area contributed by atoms with E-state index in [1.54, 1.807) is 6.33 Å². The Morgan fingerprint density at radius 1 is 1.20 bits per heavy atom. The van der Waals surface area contributed by atoms with Crippen molar-refractivity contribution in [3.05, 3.63) is 47.3 Å². The first-order chi connectivity index (χ1) is 9.67. The van der Waals surface area contributed by atoms with E-state index < -0.39 is 0 Å². The molecule has 0 aliphatic carbocycles. The van der Waals surface area contributed by atoms with Crippen molar-refractivity contribution >= 4 is 11.6 Å². The number of aromatic nitrogens is 2. The van der Waals surface area contributed by atoms with Gasteiger partial charge in [-0.3, -0.25) is 0 Å². The van der Waals surface area contributed by atoms with Crippen LogP contribution in [0.4, 0.5) is 11.6 Å². The lowest BCUT2D eigenvalue weighted by Crippen LogP contribution is -2.21. The predicted octanol–water partition coefficient (Wildman–Crippen LogP) is 3.03. The maximum atomic E-state index is 4.46.